The average molecular weight is 448 g/mol. The van der Waals surface area contributed by atoms with Crippen LogP contribution in [0.4, 0.5) is 4.79 Å². The van der Waals surface area contributed by atoms with Gasteiger partial charge in [-0.05, 0) is 16.7 Å². The molecule has 3 aromatic rings. The zero-order chi connectivity index (χ0) is 22.9. The lowest BCUT2D eigenvalue weighted by Gasteiger charge is -2.34. The molecule has 0 unspecified atom stereocenters. The van der Waals surface area contributed by atoms with Gasteiger partial charge in [-0.3, -0.25) is 4.90 Å². The average Bonchev–Trinajstić information content (AvgIpc) is 3.22. The van der Waals surface area contributed by atoms with Crippen molar-refractivity contribution in [2.45, 2.75) is 38.0 Å². The Labute approximate surface area is 194 Å². The molecule has 0 bridgehead atoms. The van der Waals surface area contributed by atoms with Crippen LogP contribution in [0, 0.1) is 0 Å². The van der Waals surface area contributed by atoms with E-state index in [9.17, 15) is 9.90 Å². The summed E-state index contributed by atoms with van der Waals surface area (Å²) in [6.07, 6.45) is -1.60. The first-order valence-corrected chi connectivity index (χ1v) is 11.1. The van der Waals surface area contributed by atoms with E-state index in [0.717, 1.165) is 16.7 Å². The van der Waals surface area contributed by atoms with E-state index in [4.69, 9.17) is 14.2 Å². The van der Waals surface area contributed by atoms with Crippen LogP contribution in [0.25, 0.3) is 0 Å². The summed E-state index contributed by atoms with van der Waals surface area (Å²) in [6, 6.07) is 29.0. The van der Waals surface area contributed by atoms with Crippen LogP contribution < -0.4 is 0 Å². The monoisotopic (exact) mass is 447 g/mol. The number of aliphatic hydroxyl groups excluding tert-OH is 1. The van der Waals surface area contributed by atoms with Crippen LogP contribution in [0.15, 0.2) is 91.0 Å². The molecule has 0 saturated carbocycles. The number of cyclic esters (lactones) is 1. The van der Waals surface area contributed by atoms with E-state index in [1.807, 2.05) is 91.0 Å². The van der Waals surface area contributed by atoms with E-state index in [0.29, 0.717) is 19.8 Å². The highest BCUT2D eigenvalue weighted by Crippen LogP contribution is 2.25. The normalized spacial score (nSPS) is 17.5. The molecule has 6 nitrogen and oxygen atoms in total. The summed E-state index contributed by atoms with van der Waals surface area (Å²) in [7, 11) is 0. The third-order valence-electron chi connectivity index (χ3n) is 5.73. The predicted molar refractivity (Wildman–Crippen MR) is 124 cm³/mol. The molecule has 1 fully saturated rings. The molecule has 33 heavy (non-hydrogen) atoms. The van der Waals surface area contributed by atoms with Gasteiger partial charge in [-0.1, -0.05) is 91.0 Å². The van der Waals surface area contributed by atoms with Crippen LogP contribution in [-0.4, -0.2) is 47.6 Å². The number of aliphatic hydroxyl groups is 1. The van der Waals surface area contributed by atoms with E-state index in [2.05, 4.69) is 0 Å². The van der Waals surface area contributed by atoms with E-state index < -0.39 is 24.3 Å². The molecule has 3 aromatic carbocycles. The highest BCUT2D eigenvalue weighted by atomic mass is 16.6. The lowest BCUT2D eigenvalue weighted by atomic mass is 10.0. The molecule has 3 atom stereocenters. The van der Waals surface area contributed by atoms with Crippen LogP contribution >= 0.6 is 0 Å². The number of amides is 1. The number of carbonyl (C=O) groups excluding carboxylic acids is 1. The molecule has 1 aliphatic heterocycles. The fraction of sp³-hybridized carbons (Fsp3) is 0.296. The summed E-state index contributed by atoms with van der Waals surface area (Å²) in [5.41, 5.74) is 2.99. The molecule has 6 heteroatoms. The molecule has 4 rings (SSSR count). The predicted octanol–water partition coefficient (Wildman–Crippen LogP) is 4.17. The zero-order valence-electron chi connectivity index (χ0n) is 18.5. The SMILES string of the molecule is O=C1OC[C@@H]([C@H](OCc2ccccc2)[C@@H](CO)OCc2ccccc2)N1Cc1ccccc1. The molecular weight excluding hydrogens is 418 g/mol. The van der Waals surface area contributed by atoms with Gasteiger partial charge >= 0.3 is 6.09 Å². The fourth-order valence-electron chi connectivity index (χ4n) is 3.96. The number of ether oxygens (including phenoxy) is 3. The van der Waals surface area contributed by atoms with Gasteiger partial charge in [0.2, 0.25) is 0 Å². The lowest BCUT2D eigenvalue weighted by molar-refractivity contribution is -0.125. The van der Waals surface area contributed by atoms with Gasteiger partial charge in [0.05, 0.1) is 25.9 Å². The maximum atomic E-state index is 12.6. The van der Waals surface area contributed by atoms with Gasteiger partial charge in [-0.25, -0.2) is 4.79 Å². The van der Waals surface area contributed by atoms with Crippen molar-refractivity contribution < 1.29 is 24.1 Å². The van der Waals surface area contributed by atoms with E-state index >= 15 is 0 Å². The van der Waals surface area contributed by atoms with Gasteiger partial charge in [-0.15, -0.1) is 0 Å². The number of benzene rings is 3. The number of hydrogen-bond donors (Lipinski definition) is 1. The Morgan fingerprint density at radius 3 is 1.88 bits per heavy atom. The first-order valence-electron chi connectivity index (χ1n) is 11.1. The molecule has 0 spiro atoms. The molecule has 172 valence electrons. The lowest BCUT2D eigenvalue weighted by Crippen LogP contribution is -2.50. The minimum Gasteiger partial charge on any atom is -0.447 e. The van der Waals surface area contributed by atoms with Crippen molar-refractivity contribution in [3.05, 3.63) is 108 Å². The standard InChI is InChI=1S/C27H29NO5/c29-17-25(31-18-22-12-6-2-7-13-22)26(32-19-23-14-8-3-9-15-23)24-20-33-27(30)28(24)16-21-10-4-1-5-11-21/h1-15,24-26,29H,16-20H2/t24-,25+,26-/m0/s1. The molecule has 1 heterocycles. The van der Waals surface area contributed by atoms with Crippen LogP contribution in [0.1, 0.15) is 16.7 Å². The van der Waals surface area contributed by atoms with Crippen molar-refractivity contribution in [3.63, 3.8) is 0 Å². The summed E-state index contributed by atoms with van der Waals surface area (Å²) < 4.78 is 17.8. The molecular formula is C27H29NO5. The Hall–Kier alpha value is -3.19. The highest BCUT2D eigenvalue weighted by molar-refractivity contribution is 5.70. The second-order valence-electron chi connectivity index (χ2n) is 8.04. The van der Waals surface area contributed by atoms with Crippen molar-refractivity contribution >= 4 is 6.09 Å². The minimum atomic E-state index is -0.633. The highest BCUT2D eigenvalue weighted by Gasteiger charge is 2.43. The van der Waals surface area contributed by atoms with Gasteiger partial charge in [0.1, 0.15) is 18.8 Å². The van der Waals surface area contributed by atoms with Crippen molar-refractivity contribution in [2.75, 3.05) is 13.2 Å². The quantitative estimate of drug-likeness (QED) is 0.478. The number of hydrogen-bond acceptors (Lipinski definition) is 5. The molecule has 0 radical (unpaired) electrons. The Bertz CT molecular complexity index is 983. The molecule has 1 saturated heterocycles. The summed E-state index contributed by atoms with van der Waals surface area (Å²) in [4.78, 5) is 14.3. The Kier molecular flexibility index (Phi) is 8.09. The van der Waals surface area contributed by atoms with Crippen LogP contribution in [0.5, 0.6) is 0 Å². The molecule has 1 N–H and O–H groups in total. The summed E-state index contributed by atoms with van der Waals surface area (Å²) in [5, 5.41) is 10.2. The second-order valence-corrected chi connectivity index (χ2v) is 8.04. The second kappa shape index (κ2) is 11.6. The van der Waals surface area contributed by atoms with E-state index in [-0.39, 0.29) is 13.2 Å². The Morgan fingerprint density at radius 2 is 1.33 bits per heavy atom. The Morgan fingerprint density at radius 1 is 0.818 bits per heavy atom. The number of carbonyl (C=O) groups is 1. The number of nitrogens with zero attached hydrogens (tertiary/aromatic N) is 1. The largest absolute Gasteiger partial charge is 0.447 e. The first kappa shape index (κ1) is 23.0. The Balaban J connectivity index is 1.53. The van der Waals surface area contributed by atoms with Gasteiger partial charge in [0.25, 0.3) is 0 Å². The van der Waals surface area contributed by atoms with Gasteiger partial charge in [0, 0.05) is 6.54 Å². The first-order chi connectivity index (χ1) is 16.2. The van der Waals surface area contributed by atoms with Crippen molar-refractivity contribution in [1.82, 2.24) is 4.90 Å². The van der Waals surface area contributed by atoms with Gasteiger partial charge in [0.15, 0.2) is 0 Å². The topological polar surface area (TPSA) is 68.2 Å². The maximum absolute atomic E-state index is 12.6. The van der Waals surface area contributed by atoms with Crippen molar-refractivity contribution in [1.29, 1.82) is 0 Å². The van der Waals surface area contributed by atoms with Gasteiger partial charge in [-0.2, -0.15) is 0 Å². The summed E-state index contributed by atoms with van der Waals surface area (Å²) >= 11 is 0. The molecule has 1 aliphatic rings. The van der Waals surface area contributed by atoms with Crippen molar-refractivity contribution in [3.8, 4) is 0 Å². The van der Waals surface area contributed by atoms with Crippen LogP contribution in [0.2, 0.25) is 0 Å². The van der Waals surface area contributed by atoms with Crippen LogP contribution in [-0.2, 0) is 34.0 Å². The third kappa shape index (κ3) is 6.20. The summed E-state index contributed by atoms with van der Waals surface area (Å²) in [6.45, 7) is 0.997. The van der Waals surface area contributed by atoms with E-state index in [1.165, 1.54) is 0 Å². The minimum absolute atomic E-state index is 0.177. The molecule has 1 amide bonds. The van der Waals surface area contributed by atoms with E-state index in [1.54, 1.807) is 4.90 Å². The third-order valence-corrected chi connectivity index (χ3v) is 5.73. The fourth-order valence-corrected chi connectivity index (χ4v) is 3.96. The van der Waals surface area contributed by atoms with Crippen LogP contribution in [0.3, 0.4) is 0 Å². The molecule has 0 aliphatic carbocycles. The smallest absolute Gasteiger partial charge is 0.410 e. The maximum Gasteiger partial charge on any atom is 0.410 e. The summed E-state index contributed by atoms with van der Waals surface area (Å²) in [5.74, 6) is 0. The van der Waals surface area contributed by atoms with Gasteiger partial charge < -0.3 is 19.3 Å². The zero-order valence-corrected chi connectivity index (χ0v) is 18.5. The molecule has 0 aromatic heterocycles. The van der Waals surface area contributed by atoms with Crippen molar-refractivity contribution in [2.24, 2.45) is 0 Å². The number of rotatable bonds is 11.